The lowest BCUT2D eigenvalue weighted by atomic mass is 10.0. The van der Waals surface area contributed by atoms with Crippen LogP contribution in [0, 0.1) is 6.92 Å². The van der Waals surface area contributed by atoms with Gasteiger partial charge in [0.1, 0.15) is 18.1 Å². The molecule has 4 rings (SSSR count). The molecule has 0 aliphatic carbocycles. The van der Waals surface area contributed by atoms with E-state index in [1.165, 1.54) is 12.2 Å². The molecule has 2 amide bonds. The molecule has 0 bridgehead atoms. The fourth-order valence-corrected chi connectivity index (χ4v) is 4.04. The van der Waals surface area contributed by atoms with Crippen molar-refractivity contribution in [3.05, 3.63) is 126 Å². The van der Waals surface area contributed by atoms with E-state index in [1.807, 2.05) is 25.1 Å². The van der Waals surface area contributed by atoms with Gasteiger partial charge in [0.05, 0.1) is 18.0 Å². The van der Waals surface area contributed by atoms with Crippen molar-refractivity contribution in [3.8, 4) is 11.5 Å². The SMILES string of the molecule is Cc1ccc(NC(=O)O[C@@H](c2ccccc2OCCO)[C@H](/C=C/C(=O)Nc2ccccc2N)Oc2ccccc2)cc1. The van der Waals surface area contributed by atoms with Gasteiger partial charge in [-0.1, -0.05) is 66.2 Å². The third-order valence-corrected chi connectivity index (χ3v) is 6.08. The number of benzene rings is 4. The Bertz CT molecular complexity index is 1490. The normalized spacial score (nSPS) is 12.2. The van der Waals surface area contributed by atoms with Crippen molar-refractivity contribution in [2.45, 2.75) is 19.1 Å². The van der Waals surface area contributed by atoms with Crippen molar-refractivity contribution < 1.29 is 28.9 Å². The lowest BCUT2D eigenvalue weighted by molar-refractivity contribution is -0.112. The highest BCUT2D eigenvalue weighted by Crippen LogP contribution is 2.33. The summed E-state index contributed by atoms with van der Waals surface area (Å²) in [5.41, 5.74) is 8.91. The Morgan fingerprint density at radius 1 is 0.881 bits per heavy atom. The van der Waals surface area contributed by atoms with Crippen LogP contribution in [0.1, 0.15) is 17.2 Å². The monoisotopic (exact) mass is 567 g/mol. The summed E-state index contributed by atoms with van der Waals surface area (Å²) in [5, 5.41) is 14.9. The van der Waals surface area contributed by atoms with Crippen LogP contribution in [0.2, 0.25) is 0 Å². The van der Waals surface area contributed by atoms with Gasteiger partial charge in [0.25, 0.3) is 0 Å². The van der Waals surface area contributed by atoms with Gasteiger partial charge in [0.2, 0.25) is 5.91 Å². The Morgan fingerprint density at radius 2 is 1.57 bits per heavy atom. The lowest BCUT2D eigenvalue weighted by Gasteiger charge is -2.27. The molecule has 0 heterocycles. The second-order valence-corrected chi connectivity index (χ2v) is 9.26. The van der Waals surface area contributed by atoms with Gasteiger partial charge in [-0.2, -0.15) is 0 Å². The molecule has 0 aromatic heterocycles. The molecule has 0 aliphatic rings. The Labute approximate surface area is 244 Å². The maximum absolute atomic E-state index is 13.2. The first-order chi connectivity index (χ1) is 20.4. The number of para-hydroxylation sites is 4. The molecule has 2 atom stereocenters. The van der Waals surface area contributed by atoms with Gasteiger partial charge in [0.15, 0.2) is 12.2 Å². The largest absolute Gasteiger partial charge is 0.491 e. The van der Waals surface area contributed by atoms with E-state index in [-0.39, 0.29) is 13.2 Å². The molecule has 0 spiro atoms. The summed E-state index contributed by atoms with van der Waals surface area (Å²) in [6.07, 6.45) is 0.0160. The summed E-state index contributed by atoms with van der Waals surface area (Å²) in [4.78, 5) is 26.1. The van der Waals surface area contributed by atoms with Crippen LogP contribution in [-0.2, 0) is 9.53 Å². The average molecular weight is 568 g/mol. The molecular formula is C33H33N3O6. The highest BCUT2D eigenvalue weighted by atomic mass is 16.6. The van der Waals surface area contributed by atoms with Crippen molar-refractivity contribution >= 4 is 29.1 Å². The standard InChI is InChI=1S/C33H33N3O6/c1-23-15-17-24(18-16-23)35-33(39)42-32(26-11-5-8-14-29(26)40-22-21-37)30(41-25-9-3-2-4-10-25)19-20-31(38)36-28-13-7-6-12-27(28)34/h2-20,30,32,37H,21-22,34H2,1H3,(H,35,39)(H,36,38)/b20-19+/t30-,32-/m0/s1. The van der Waals surface area contributed by atoms with E-state index >= 15 is 0 Å². The summed E-state index contributed by atoms with van der Waals surface area (Å²) in [5.74, 6) is 0.416. The first kappa shape index (κ1) is 29.7. The smallest absolute Gasteiger partial charge is 0.412 e. The molecule has 0 unspecified atom stereocenters. The van der Waals surface area contributed by atoms with Gasteiger partial charge < -0.3 is 30.4 Å². The summed E-state index contributed by atoms with van der Waals surface area (Å²) in [6, 6.07) is 30.1. The Kier molecular flexibility index (Phi) is 10.6. The second-order valence-electron chi connectivity index (χ2n) is 9.26. The molecule has 4 aromatic carbocycles. The first-order valence-electron chi connectivity index (χ1n) is 13.3. The zero-order valence-corrected chi connectivity index (χ0v) is 23.1. The number of aliphatic hydroxyl groups is 1. The van der Waals surface area contributed by atoms with E-state index in [0.717, 1.165) is 5.56 Å². The zero-order chi connectivity index (χ0) is 29.7. The number of hydrogen-bond donors (Lipinski definition) is 4. The highest BCUT2D eigenvalue weighted by molar-refractivity contribution is 6.01. The van der Waals surface area contributed by atoms with Crippen LogP contribution in [0.3, 0.4) is 0 Å². The number of nitrogen functional groups attached to an aromatic ring is 1. The number of anilines is 3. The van der Waals surface area contributed by atoms with Crippen LogP contribution < -0.4 is 25.8 Å². The number of hydrogen-bond acceptors (Lipinski definition) is 7. The first-order valence-corrected chi connectivity index (χ1v) is 13.3. The molecule has 0 radical (unpaired) electrons. The average Bonchev–Trinajstić information content (AvgIpc) is 3.00. The van der Waals surface area contributed by atoms with Crippen LogP contribution in [0.5, 0.6) is 11.5 Å². The summed E-state index contributed by atoms with van der Waals surface area (Å²) in [6.45, 7) is 1.77. The molecule has 0 saturated heterocycles. The van der Waals surface area contributed by atoms with E-state index in [1.54, 1.807) is 84.9 Å². The third-order valence-electron chi connectivity index (χ3n) is 6.08. The maximum atomic E-state index is 13.2. The molecule has 9 heteroatoms. The lowest BCUT2D eigenvalue weighted by Crippen LogP contribution is -2.30. The predicted molar refractivity (Wildman–Crippen MR) is 163 cm³/mol. The molecule has 9 nitrogen and oxygen atoms in total. The molecule has 42 heavy (non-hydrogen) atoms. The van der Waals surface area contributed by atoms with Crippen molar-refractivity contribution in [1.29, 1.82) is 0 Å². The van der Waals surface area contributed by atoms with Gasteiger partial charge in [-0.05, 0) is 55.5 Å². The van der Waals surface area contributed by atoms with Gasteiger partial charge in [0, 0.05) is 17.3 Å². The highest BCUT2D eigenvalue weighted by Gasteiger charge is 2.30. The number of aliphatic hydroxyl groups excluding tert-OH is 1. The zero-order valence-electron chi connectivity index (χ0n) is 23.1. The van der Waals surface area contributed by atoms with E-state index in [4.69, 9.17) is 19.9 Å². The maximum Gasteiger partial charge on any atom is 0.412 e. The van der Waals surface area contributed by atoms with Crippen LogP contribution >= 0.6 is 0 Å². The number of rotatable bonds is 12. The number of nitrogens with one attached hydrogen (secondary N) is 2. The van der Waals surface area contributed by atoms with Crippen LogP contribution in [0.15, 0.2) is 115 Å². The topological polar surface area (TPSA) is 132 Å². The van der Waals surface area contributed by atoms with E-state index in [0.29, 0.717) is 34.1 Å². The Morgan fingerprint density at radius 3 is 2.31 bits per heavy atom. The molecule has 0 fully saturated rings. The van der Waals surface area contributed by atoms with E-state index in [9.17, 15) is 14.7 Å². The Hall–Kier alpha value is -5.28. The molecular weight excluding hydrogens is 534 g/mol. The molecule has 4 aromatic rings. The summed E-state index contributed by atoms with van der Waals surface area (Å²) >= 11 is 0. The van der Waals surface area contributed by atoms with Crippen molar-refractivity contribution in [1.82, 2.24) is 0 Å². The minimum atomic E-state index is -1.07. The van der Waals surface area contributed by atoms with Crippen LogP contribution in [-0.4, -0.2) is 36.4 Å². The minimum Gasteiger partial charge on any atom is -0.491 e. The quantitative estimate of drug-likeness (QED) is 0.124. The fraction of sp³-hybridized carbons (Fsp3) is 0.152. The molecule has 0 aliphatic heterocycles. The van der Waals surface area contributed by atoms with Gasteiger partial charge in [-0.25, -0.2) is 4.79 Å². The number of carbonyl (C=O) groups is 2. The van der Waals surface area contributed by atoms with Gasteiger partial charge in [-0.3, -0.25) is 10.1 Å². The van der Waals surface area contributed by atoms with Crippen molar-refractivity contribution in [2.24, 2.45) is 0 Å². The minimum absolute atomic E-state index is 0.0280. The van der Waals surface area contributed by atoms with Crippen LogP contribution in [0.25, 0.3) is 0 Å². The van der Waals surface area contributed by atoms with E-state index in [2.05, 4.69) is 10.6 Å². The molecule has 216 valence electrons. The van der Waals surface area contributed by atoms with Gasteiger partial charge >= 0.3 is 6.09 Å². The number of nitrogens with two attached hydrogens (primary N) is 1. The number of aryl methyl sites for hydroxylation is 1. The van der Waals surface area contributed by atoms with Crippen molar-refractivity contribution in [2.75, 3.05) is 29.6 Å². The Balaban J connectivity index is 1.68. The number of ether oxygens (including phenoxy) is 3. The van der Waals surface area contributed by atoms with Gasteiger partial charge in [-0.15, -0.1) is 0 Å². The molecule has 5 N–H and O–H groups in total. The molecule has 0 saturated carbocycles. The number of carbonyl (C=O) groups excluding carboxylic acids is 2. The summed E-state index contributed by atoms with van der Waals surface area (Å²) < 4.78 is 18.0. The van der Waals surface area contributed by atoms with Crippen LogP contribution in [0.4, 0.5) is 21.9 Å². The van der Waals surface area contributed by atoms with E-state index < -0.39 is 24.2 Å². The number of amides is 2. The third kappa shape index (κ3) is 8.61. The van der Waals surface area contributed by atoms with Crippen molar-refractivity contribution in [3.63, 3.8) is 0 Å². The second kappa shape index (κ2) is 14.9. The fourth-order valence-electron chi connectivity index (χ4n) is 4.04. The summed E-state index contributed by atoms with van der Waals surface area (Å²) in [7, 11) is 0. The predicted octanol–water partition coefficient (Wildman–Crippen LogP) is 5.88.